The standard InChI is InChI=1S/C20H24ClNO5S/c1-13-9-18(10-14(2)19(13)21)27-15(3)20(23)22(11-17-5-4-7-26-17)16-6-8-28(24,25)12-16/h4-5,7,9-10,15-16H,6,8,11-12H2,1-3H3/t15-,16+/m1/s1. The molecule has 152 valence electrons. The van der Waals surface area contributed by atoms with Gasteiger partial charge in [0.15, 0.2) is 15.9 Å². The van der Waals surface area contributed by atoms with Crippen molar-refractivity contribution in [1.29, 1.82) is 0 Å². The number of carbonyl (C=O) groups excluding carboxylic acids is 1. The lowest BCUT2D eigenvalue weighted by molar-refractivity contribution is -0.140. The summed E-state index contributed by atoms with van der Waals surface area (Å²) < 4.78 is 35.1. The van der Waals surface area contributed by atoms with Gasteiger partial charge >= 0.3 is 0 Å². The molecule has 2 aromatic rings. The SMILES string of the molecule is Cc1cc(O[C@H](C)C(=O)N(Cc2ccco2)[C@H]2CCS(=O)(=O)C2)cc(C)c1Cl. The zero-order valence-corrected chi connectivity index (χ0v) is 17.7. The first-order chi connectivity index (χ1) is 13.2. The second kappa shape index (κ2) is 8.17. The Morgan fingerprint density at radius 1 is 1.36 bits per heavy atom. The van der Waals surface area contributed by atoms with Gasteiger partial charge < -0.3 is 14.1 Å². The van der Waals surface area contributed by atoms with Crippen LogP contribution in [-0.2, 0) is 21.2 Å². The highest BCUT2D eigenvalue weighted by molar-refractivity contribution is 7.91. The van der Waals surface area contributed by atoms with Gasteiger partial charge in [-0.3, -0.25) is 4.79 Å². The summed E-state index contributed by atoms with van der Waals surface area (Å²) >= 11 is 6.19. The Morgan fingerprint density at radius 3 is 2.57 bits per heavy atom. The molecule has 6 nitrogen and oxygen atoms in total. The van der Waals surface area contributed by atoms with Crippen molar-refractivity contribution >= 4 is 27.3 Å². The lowest BCUT2D eigenvalue weighted by Gasteiger charge is -2.30. The Kier molecular flexibility index (Phi) is 6.05. The maximum absolute atomic E-state index is 13.1. The summed E-state index contributed by atoms with van der Waals surface area (Å²) in [6, 6.07) is 6.69. The maximum Gasteiger partial charge on any atom is 0.264 e. The first-order valence-electron chi connectivity index (χ1n) is 9.13. The molecule has 0 aliphatic carbocycles. The molecule has 0 saturated carbocycles. The van der Waals surface area contributed by atoms with Crippen LogP contribution >= 0.6 is 11.6 Å². The number of hydrogen-bond acceptors (Lipinski definition) is 5. The summed E-state index contributed by atoms with van der Waals surface area (Å²) in [5.74, 6) is 0.930. The van der Waals surface area contributed by atoms with Crippen LogP contribution in [0.3, 0.4) is 0 Å². The summed E-state index contributed by atoms with van der Waals surface area (Å²) in [4.78, 5) is 14.7. The number of carbonyl (C=O) groups is 1. The Bertz CT molecular complexity index is 932. The molecule has 0 unspecified atom stereocenters. The lowest BCUT2D eigenvalue weighted by Crippen LogP contribution is -2.46. The monoisotopic (exact) mass is 425 g/mol. The molecule has 1 aliphatic heterocycles. The number of hydrogen-bond donors (Lipinski definition) is 0. The number of halogens is 1. The van der Waals surface area contributed by atoms with Crippen molar-refractivity contribution in [2.45, 2.75) is 45.9 Å². The van der Waals surface area contributed by atoms with Gasteiger partial charge in [0.05, 0.1) is 24.3 Å². The van der Waals surface area contributed by atoms with Gasteiger partial charge in [0.1, 0.15) is 11.5 Å². The molecule has 1 amide bonds. The Hall–Kier alpha value is -1.99. The number of amides is 1. The minimum Gasteiger partial charge on any atom is -0.481 e. The van der Waals surface area contributed by atoms with Crippen molar-refractivity contribution in [2.24, 2.45) is 0 Å². The largest absolute Gasteiger partial charge is 0.481 e. The summed E-state index contributed by atoms with van der Waals surface area (Å²) in [5.41, 5.74) is 1.73. The Balaban J connectivity index is 1.79. The van der Waals surface area contributed by atoms with Crippen LogP contribution in [0.4, 0.5) is 0 Å². The summed E-state index contributed by atoms with van der Waals surface area (Å²) in [5, 5.41) is 0.668. The third-order valence-electron chi connectivity index (χ3n) is 4.91. The molecule has 0 radical (unpaired) electrons. The number of benzene rings is 1. The highest BCUT2D eigenvalue weighted by atomic mass is 35.5. The molecule has 3 rings (SSSR count). The van der Waals surface area contributed by atoms with Crippen LogP contribution in [0.25, 0.3) is 0 Å². The van der Waals surface area contributed by atoms with Crippen LogP contribution in [-0.4, -0.2) is 42.9 Å². The van der Waals surface area contributed by atoms with Gasteiger partial charge in [-0.15, -0.1) is 0 Å². The van der Waals surface area contributed by atoms with Crippen molar-refractivity contribution in [1.82, 2.24) is 4.90 Å². The van der Waals surface area contributed by atoms with E-state index in [0.29, 0.717) is 23.0 Å². The highest BCUT2D eigenvalue weighted by Crippen LogP contribution is 2.27. The number of aryl methyl sites for hydroxylation is 2. The smallest absolute Gasteiger partial charge is 0.264 e. The fourth-order valence-corrected chi connectivity index (χ4v) is 5.28. The van der Waals surface area contributed by atoms with Crippen molar-refractivity contribution in [3.05, 3.63) is 52.4 Å². The second-order valence-corrected chi connectivity index (χ2v) is 9.84. The highest BCUT2D eigenvalue weighted by Gasteiger charge is 2.37. The zero-order valence-electron chi connectivity index (χ0n) is 16.1. The van der Waals surface area contributed by atoms with E-state index < -0.39 is 15.9 Å². The van der Waals surface area contributed by atoms with E-state index in [9.17, 15) is 13.2 Å². The second-order valence-electron chi connectivity index (χ2n) is 7.23. The molecule has 8 heteroatoms. The molecule has 2 atom stereocenters. The number of ether oxygens (including phenoxy) is 1. The average molecular weight is 426 g/mol. The van der Waals surface area contributed by atoms with Gasteiger partial charge in [0.25, 0.3) is 5.91 Å². The predicted molar refractivity (Wildman–Crippen MR) is 107 cm³/mol. The summed E-state index contributed by atoms with van der Waals surface area (Å²) in [6.45, 7) is 5.63. The topological polar surface area (TPSA) is 76.8 Å². The van der Waals surface area contributed by atoms with Crippen LogP contribution < -0.4 is 4.74 Å². The molecule has 0 spiro atoms. The van der Waals surface area contributed by atoms with Crippen molar-refractivity contribution in [2.75, 3.05) is 11.5 Å². The van der Waals surface area contributed by atoms with Crippen LogP contribution in [0, 0.1) is 13.8 Å². The van der Waals surface area contributed by atoms with E-state index in [1.54, 1.807) is 36.1 Å². The third-order valence-corrected chi connectivity index (χ3v) is 7.26. The normalized spacial score (nSPS) is 19.4. The molecule has 1 aliphatic rings. The van der Waals surface area contributed by atoms with Gasteiger partial charge in [-0.25, -0.2) is 8.42 Å². The van der Waals surface area contributed by atoms with Gasteiger partial charge in [0.2, 0.25) is 0 Å². The van der Waals surface area contributed by atoms with Crippen LogP contribution in [0.2, 0.25) is 5.02 Å². The fourth-order valence-electron chi connectivity index (χ4n) is 3.44. The Labute approximate surface area is 170 Å². The number of rotatable bonds is 6. The van der Waals surface area contributed by atoms with Gasteiger partial charge in [-0.2, -0.15) is 0 Å². The van der Waals surface area contributed by atoms with E-state index in [0.717, 1.165) is 11.1 Å². The van der Waals surface area contributed by atoms with Gasteiger partial charge in [0, 0.05) is 11.1 Å². The molecular weight excluding hydrogens is 402 g/mol. The molecule has 1 aromatic carbocycles. The van der Waals surface area contributed by atoms with Crippen LogP contribution in [0.15, 0.2) is 34.9 Å². The Morgan fingerprint density at radius 2 is 2.04 bits per heavy atom. The van der Waals surface area contributed by atoms with E-state index in [1.165, 1.54) is 6.26 Å². The number of nitrogens with zero attached hydrogens (tertiary/aromatic N) is 1. The third kappa shape index (κ3) is 4.70. The average Bonchev–Trinajstić information content (AvgIpc) is 3.26. The van der Waals surface area contributed by atoms with E-state index in [1.807, 2.05) is 13.8 Å². The summed E-state index contributed by atoms with van der Waals surface area (Å²) in [7, 11) is -3.13. The van der Waals surface area contributed by atoms with Gasteiger partial charge in [-0.1, -0.05) is 11.6 Å². The van der Waals surface area contributed by atoms with Crippen molar-refractivity contribution in [3.8, 4) is 5.75 Å². The molecule has 1 fully saturated rings. The van der Waals surface area contributed by atoms with E-state index in [4.69, 9.17) is 20.8 Å². The van der Waals surface area contributed by atoms with Gasteiger partial charge in [-0.05, 0) is 62.6 Å². The first-order valence-corrected chi connectivity index (χ1v) is 11.3. The predicted octanol–water partition coefficient (Wildman–Crippen LogP) is 3.53. The molecule has 0 N–H and O–H groups in total. The van der Waals surface area contributed by atoms with E-state index in [-0.39, 0.29) is 30.0 Å². The molecule has 1 saturated heterocycles. The minimum absolute atomic E-state index is 0.0364. The fraction of sp³-hybridized carbons (Fsp3) is 0.450. The van der Waals surface area contributed by atoms with Crippen LogP contribution in [0.1, 0.15) is 30.2 Å². The maximum atomic E-state index is 13.1. The number of sulfone groups is 1. The van der Waals surface area contributed by atoms with Crippen LogP contribution in [0.5, 0.6) is 5.75 Å². The molecule has 2 heterocycles. The molecule has 1 aromatic heterocycles. The summed E-state index contributed by atoms with van der Waals surface area (Å²) in [6.07, 6.45) is 1.17. The number of furan rings is 1. The molecular formula is C20H24ClNO5S. The lowest BCUT2D eigenvalue weighted by atomic mass is 10.1. The zero-order chi connectivity index (χ0) is 20.5. The van der Waals surface area contributed by atoms with Crippen molar-refractivity contribution < 1.29 is 22.4 Å². The molecule has 28 heavy (non-hydrogen) atoms. The first kappa shape index (κ1) is 20.7. The molecule has 0 bridgehead atoms. The minimum atomic E-state index is -3.13. The quantitative estimate of drug-likeness (QED) is 0.707. The van der Waals surface area contributed by atoms with E-state index in [2.05, 4.69) is 0 Å². The van der Waals surface area contributed by atoms with Crippen molar-refractivity contribution in [3.63, 3.8) is 0 Å². The van der Waals surface area contributed by atoms with E-state index >= 15 is 0 Å².